The normalized spacial score (nSPS) is 25.4. The Morgan fingerprint density at radius 1 is 1.22 bits per heavy atom. The van der Waals surface area contributed by atoms with Crippen LogP contribution in [-0.2, 0) is 9.53 Å². The zero-order valence-electron chi connectivity index (χ0n) is 13.9. The molecule has 1 aliphatic carbocycles. The fraction of sp³-hybridized carbons (Fsp3) is 0.556. The van der Waals surface area contributed by atoms with Crippen molar-refractivity contribution < 1.29 is 19.4 Å². The number of nitrogens with one attached hydrogen (secondary N) is 1. The lowest BCUT2D eigenvalue weighted by atomic mass is 9.78. The molecule has 1 saturated carbocycles. The summed E-state index contributed by atoms with van der Waals surface area (Å²) in [6, 6.07) is 5.89. The zero-order valence-corrected chi connectivity index (χ0v) is 13.9. The highest BCUT2D eigenvalue weighted by molar-refractivity contribution is 5.92. The Hall–Kier alpha value is -2.04. The van der Waals surface area contributed by atoms with Gasteiger partial charge in [0.15, 0.2) is 6.10 Å². The Morgan fingerprint density at radius 2 is 1.87 bits per heavy atom. The lowest BCUT2D eigenvalue weighted by Gasteiger charge is -2.35. The van der Waals surface area contributed by atoms with E-state index in [1.807, 2.05) is 0 Å². The molecule has 5 heteroatoms. The van der Waals surface area contributed by atoms with E-state index in [0.717, 1.165) is 12.8 Å². The Morgan fingerprint density at radius 3 is 2.52 bits per heavy atom. The first-order chi connectivity index (χ1) is 10.9. The number of carbonyl (C=O) groups excluding carboxylic acids is 2. The summed E-state index contributed by atoms with van der Waals surface area (Å²) in [5, 5.41) is 12.2. The minimum atomic E-state index is -0.847. The van der Waals surface area contributed by atoms with Gasteiger partial charge in [-0.1, -0.05) is 26.7 Å². The number of aromatic hydroxyl groups is 1. The van der Waals surface area contributed by atoms with E-state index in [1.165, 1.54) is 30.7 Å². The number of rotatable bonds is 4. The number of hydrogen-bond donors (Lipinski definition) is 2. The molecule has 23 heavy (non-hydrogen) atoms. The minimum absolute atomic E-state index is 0.0766. The summed E-state index contributed by atoms with van der Waals surface area (Å²) < 4.78 is 5.21. The third-order valence-corrected chi connectivity index (χ3v) is 4.79. The van der Waals surface area contributed by atoms with E-state index in [2.05, 4.69) is 19.2 Å². The SMILES string of the molecule is C[C@H]1[C@@H](NC(=O)[C@@H](C)OC(=O)c2ccc(O)cc2)CCC[C@@H]1C. The van der Waals surface area contributed by atoms with E-state index in [4.69, 9.17) is 4.74 Å². The van der Waals surface area contributed by atoms with Gasteiger partial charge in [-0.2, -0.15) is 0 Å². The summed E-state index contributed by atoms with van der Waals surface area (Å²) in [6.45, 7) is 5.93. The number of ether oxygens (including phenoxy) is 1. The highest BCUT2D eigenvalue weighted by atomic mass is 16.5. The summed E-state index contributed by atoms with van der Waals surface area (Å²) in [4.78, 5) is 24.3. The van der Waals surface area contributed by atoms with E-state index in [1.54, 1.807) is 6.92 Å². The predicted molar refractivity (Wildman–Crippen MR) is 87.1 cm³/mol. The number of esters is 1. The quantitative estimate of drug-likeness (QED) is 0.837. The molecule has 2 rings (SSSR count). The molecule has 0 spiro atoms. The summed E-state index contributed by atoms with van der Waals surface area (Å²) in [5.41, 5.74) is 0.308. The lowest BCUT2D eigenvalue weighted by Crippen LogP contribution is -2.47. The van der Waals surface area contributed by atoms with Gasteiger partial charge >= 0.3 is 5.97 Å². The minimum Gasteiger partial charge on any atom is -0.508 e. The van der Waals surface area contributed by atoms with Gasteiger partial charge in [-0.3, -0.25) is 4.79 Å². The Balaban J connectivity index is 1.89. The molecule has 0 radical (unpaired) electrons. The van der Waals surface area contributed by atoms with Crippen molar-refractivity contribution >= 4 is 11.9 Å². The van der Waals surface area contributed by atoms with Crippen molar-refractivity contribution in [3.8, 4) is 5.75 Å². The standard InChI is InChI=1S/C18H25NO4/c1-11-5-4-6-16(12(11)2)19-17(21)13(3)23-18(22)14-7-9-15(20)10-8-14/h7-13,16,20H,4-6H2,1-3H3,(H,19,21)/t11-,12+,13+,16-/m0/s1. The smallest absolute Gasteiger partial charge is 0.338 e. The van der Waals surface area contributed by atoms with Crippen LogP contribution in [0.25, 0.3) is 0 Å². The molecular weight excluding hydrogens is 294 g/mol. The van der Waals surface area contributed by atoms with Crippen LogP contribution >= 0.6 is 0 Å². The maximum atomic E-state index is 12.3. The molecular formula is C18H25NO4. The van der Waals surface area contributed by atoms with Gasteiger partial charge in [-0.05, 0) is 49.4 Å². The van der Waals surface area contributed by atoms with Crippen LogP contribution in [0.3, 0.4) is 0 Å². The molecule has 0 aliphatic heterocycles. The second-order valence-electron chi connectivity index (χ2n) is 6.48. The average molecular weight is 319 g/mol. The van der Waals surface area contributed by atoms with Gasteiger partial charge in [0, 0.05) is 6.04 Å². The van der Waals surface area contributed by atoms with Crippen LogP contribution in [0.1, 0.15) is 50.4 Å². The molecule has 0 aromatic heterocycles. The van der Waals surface area contributed by atoms with Crippen molar-refractivity contribution in [2.24, 2.45) is 11.8 Å². The lowest BCUT2D eigenvalue weighted by molar-refractivity contribution is -0.130. The molecule has 126 valence electrons. The second-order valence-corrected chi connectivity index (χ2v) is 6.48. The van der Waals surface area contributed by atoms with Crippen molar-refractivity contribution in [1.29, 1.82) is 0 Å². The first-order valence-corrected chi connectivity index (χ1v) is 8.19. The monoisotopic (exact) mass is 319 g/mol. The third-order valence-electron chi connectivity index (χ3n) is 4.79. The van der Waals surface area contributed by atoms with E-state index in [9.17, 15) is 14.7 Å². The molecule has 0 bridgehead atoms. The number of hydrogen-bond acceptors (Lipinski definition) is 4. The van der Waals surface area contributed by atoms with Crippen LogP contribution < -0.4 is 5.32 Å². The maximum absolute atomic E-state index is 12.3. The summed E-state index contributed by atoms with van der Waals surface area (Å²) in [6.07, 6.45) is 2.42. The number of phenolic OH excluding ortho intramolecular Hbond substituents is 1. The Labute approximate surface area is 137 Å². The molecule has 0 heterocycles. The fourth-order valence-electron chi connectivity index (χ4n) is 2.97. The van der Waals surface area contributed by atoms with E-state index in [-0.39, 0.29) is 17.7 Å². The number of carbonyl (C=O) groups is 2. The highest BCUT2D eigenvalue weighted by Crippen LogP contribution is 2.29. The zero-order chi connectivity index (χ0) is 17.0. The number of phenols is 1. The van der Waals surface area contributed by atoms with Crippen molar-refractivity contribution in [3.63, 3.8) is 0 Å². The van der Waals surface area contributed by atoms with Crippen LogP contribution in [0.4, 0.5) is 0 Å². The van der Waals surface area contributed by atoms with Gasteiger partial charge in [0.05, 0.1) is 5.56 Å². The van der Waals surface area contributed by atoms with Gasteiger partial charge in [0.25, 0.3) is 5.91 Å². The molecule has 1 aromatic carbocycles. The van der Waals surface area contributed by atoms with Crippen LogP contribution in [0.15, 0.2) is 24.3 Å². The van der Waals surface area contributed by atoms with Crippen molar-refractivity contribution in [3.05, 3.63) is 29.8 Å². The third kappa shape index (κ3) is 4.47. The molecule has 1 aliphatic rings. The van der Waals surface area contributed by atoms with Gasteiger partial charge in [0.1, 0.15) is 5.75 Å². The summed E-state index contributed by atoms with van der Waals surface area (Å²) >= 11 is 0. The topological polar surface area (TPSA) is 75.6 Å². The van der Waals surface area contributed by atoms with Crippen molar-refractivity contribution in [2.75, 3.05) is 0 Å². The summed E-state index contributed by atoms with van der Waals surface area (Å²) in [7, 11) is 0. The van der Waals surface area contributed by atoms with Gasteiger partial charge in [-0.25, -0.2) is 4.79 Å². The first-order valence-electron chi connectivity index (χ1n) is 8.19. The van der Waals surface area contributed by atoms with Crippen molar-refractivity contribution in [2.45, 2.75) is 52.2 Å². The molecule has 4 atom stereocenters. The second kappa shape index (κ2) is 7.49. The highest BCUT2D eigenvalue weighted by Gasteiger charge is 2.30. The largest absolute Gasteiger partial charge is 0.508 e. The Kier molecular flexibility index (Phi) is 5.64. The molecule has 1 fully saturated rings. The molecule has 0 unspecified atom stereocenters. The van der Waals surface area contributed by atoms with E-state index >= 15 is 0 Å². The number of benzene rings is 1. The van der Waals surface area contributed by atoms with Crippen LogP contribution in [-0.4, -0.2) is 29.1 Å². The van der Waals surface area contributed by atoms with E-state index < -0.39 is 12.1 Å². The van der Waals surface area contributed by atoms with E-state index in [0.29, 0.717) is 17.4 Å². The molecule has 0 saturated heterocycles. The number of amides is 1. The summed E-state index contributed by atoms with van der Waals surface area (Å²) in [5.74, 6) is 0.255. The van der Waals surface area contributed by atoms with Gasteiger partial charge in [0.2, 0.25) is 0 Å². The Bertz CT molecular complexity index is 555. The van der Waals surface area contributed by atoms with Crippen LogP contribution in [0.2, 0.25) is 0 Å². The average Bonchev–Trinajstić information content (AvgIpc) is 2.52. The first kappa shape index (κ1) is 17.3. The van der Waals surface area contributed by atoms with Gasteiger partial charge < -0.3 is 15.2 Å². The molecule has 1 aromatic rings. The predicted octanol–water partition coefficient (Wildman–Crippen LogP) is 2.88. The fourth-order valence-corrected chi connectivity index (χ4v) is 2.97. The van der Waals surface area contributed by atoms with Crippen LogP contribution in [0, 0.1) is 11.8 Å². The molecule has 2 N–H and O–H groups in total. The maximum Gasteiger partial charge on any atom is 0.338 e. The van der Waals surface area contributed by atoms with Crippen molar-refractivity contribution in [1.82, 2.24) is 5.32 Å². The molecule has 1 amide bonds. The molecule has 5 nitrogen and oxygen atoms in total. The van der Waals surface area contributed by atoms with Gasteiger partial charge in [-0.15, -0.1) is 0 Å². The van der Waals surface area contributed by atoms with Crippen LogP contribution in [0.5, 0.6) is 5.75 Å².